The SMILES string of the molecule is CCCOc1cccc(-c2cnc(CCCN)o2)c1. The summed E-state index contributed by atoms with van der Waals surface area (Å²) >= 11 is 0. The predicted molar refractivity (Wildman–Crippen MR) is 75.1 cm³/mol. The third-order valence-electron chi connectivity index (χ3n) is 2.74. The fourth-order valence-corrected chi connectivity index (χ4v) is 1.77. The van der Waals surface area contributed by atoms with Gasteiger partial charge in [0.15, 0.2) is 11.7 Å². The van der Waals surface area contributed by atoms with Crippen LogP contribution in [0, 0.1) is 0 Å². The molecule has 0 aliphatic rings. The number of nitrogens with two attached hydrogens (primary N) is 1. The van der Waals surface area contributed by atoms with E-state index in [4.69, 9.17) is 14.9 Å². The van der Waals surface area contributed by atoms with Crippen LogP contribution < -0.4 is 10.5 Å². The topological polar surface area (TPSA) is 61.3 Å². The fourth-order valence-electron chi connectivity index (χ4n) is 1.77. The molecule has 2 rings (SSSR count). The van der Waals surface area contributed by atoms with E-state index in [1.165, 1.54) is 0 Å². The van der Waals surface area contributed by atoms with Crippen molar-refractivity contribution in [3.63, 3.8) is 0 Å². The normalized spacial score (nSPS) is 10.6. The summed E-state index contributed by atoms with van der Waals surface area (Å²) in [7, 11) is 0. The van der Waals surface area contributed by atoms with Gasteiger partial charge < -0.3 is 14.9 Å². The second kappa shape index (κ2) is 6.95. The lowest BCUT2D eigenvalue weighted by atomic mass is 10.2. The number of rotatable bonds is 7. The zero-order chi connectivity index (χ0) is 13.5. The molecule has 0 bridgehead atoms. The van der Waals surface area contributed by atoms with Crippen LogP contribution in [0.4, 0.5) is 0 Å². The van der Waals surface area contributed by atoms with Crippen LogP contribution in [0.5, 0.6) is 5.75 Å². The van der Waals surface area contributed by atoms with Gasteiger partial charge in [-0.05, 0) is 31.5 Å². The molecule has 0 fully saturated rings. The van der Waals surface area contributed by atoms with Gasteiger partial charge >= 0.3 is 0 Å². The van der Waals surface area contributed by atoms with E-state index in [1.807, 2.05) is 24.3 Å². The van der Waals surface area contributed by atoms with Crippen molar-refractivity contribution in [1.82, 2.24) is 4.98 Å². The molecule has 2 N–H and O–H groups in total. The Morgan fingerprint density at radius 3 is 3.05 bits per heavy atom. The van der Waals surface area contributed by atoms with E-state index < -0.39 is 0 Å². The van der Waals surface area contributed by atoms with Crippen molar-refractivity contribution in [1.29, 1.82) is 0 Å². The highest BCUT2D eigenvalue weighted by Crippen LogP contribution is 2.25. The van der Waals surface area contributed by atoms with Crippen LogP contribution in [0.15, 0.2) is 34.9 Å². The lowest BCUT2D eigenvalue weighted by Crippen LogP contribution is -2.00. The molecular weight excluding hydrogens is 240 g/mol. The number of benzene rings is 1. The van der Waals surface area contributed by atoms with E-state index in [0.29, 0.717) is 6.54 Å². The number of ether oxygens (including phenoxy) is 1. The standard InChI is InChI=1S/C15H20N2O2/c1-2-9-18-13-6-3-5-12(10-13)14-11-17-15(19-14)7-4-8-16/h3,5-6,10-11H,2,4,7-9,16H2,1H3. The summed E-state index contributed by atoms with van der Waals surface area (Å²) in [5.41, 5.74) is 6.46. The summed E-state index contributed by atoms with van der Waals surface area (Å²) in [6.45, 7) is 3.46. The van der Waals surface area contributed by atoms with Crippen LogP contribution in [-0.2, 0) is 6.42 Å². The molecule has 102 valence electrons. The third kappa shape index (κ3) is 3.83. The Labute approximate surface area is 113 Å². The van der Waals surface area contributed by atoms with Crippen LogP contribution in [-0.4, -0.2) is 18.1 Å². The first-order valence-corrected chi connectivity index (χ1v) is 6.71. The molecule has 0 aliphatic carbocycles. The first kappa shape index (κ1) is 13.6. The first-order chi connectivity index (χ1) is 9.33. The van der Waals surface area contributed by atoms with Gasteiger partial charge in [0.25, 0.3) is 0 Å². The van der Waals surface area contributed by atoms with Gasteiger partial charge in [0.1, 0.15) is 5.75 Å². The van der Waals surface area contributed by atoms with Gasteiger partial charge in [0.05, 0.1) is 12.8 Å². The lowest BCUT2D eigenvalue weighted by Gasteiger charge is -2.05. The average molecular weight is 260 g/mol. The smallest absolute Gasteiger partial charge is 0.194 e. The van der Waals surface area contributed by atoms with Crippen molar-refractivity contribution in [2.45, 2.75) is 26.2 Å². The maximum Gasteiger partial charge on any atom is 0.194 e. The van der Waals surface area contributed by atoms with Gasteiger partial charge in [-0.3, -0.25) is 0 Å². The van der Waals surface area contributed by atoms with Crippen molar-refractivity contribution in [3.8, 4) is 17.1 Å². The van der Waals surface area contributed by atoms with Gasteiger partial charge in [-0.25, -0.2) is 4.98 Å². The molecule has 4 nitrogen and oxygen atoms in total. The monoisotopic (exact) mass is 260 g/mol. The van der Waals surface area contributed by atoms with E-state index in [9.17, 15) is 0 Å². The third-order valence-corrected chi connectivity index (χ3v) is 2.74. The molecule has 0 atom stereocenters. The Morgan fingerprint density at radius 2 is 2.26 bits per heavy atom. The Balaban J connectivity index is 2.10. The molecule has 1 aromatic carbocycles. The maximum absolute atomic E-state index is 5.71. The van der Waals surface area contributed by atoms with Crippen LogP contribution in [0.25, 0.3) is 11.3 Å². The highest BCUT2D eigenvalue weighted by molar-refractivity contribution is 5.58. The quantitative estimate of drug-likeness (QED) is 0.831. The minimum Gasteiger partial charge on any atom is -0.494 e. The average Bonchev–Trinajstić information content (AvgIpc) is 2.92. The van der Waals surface area contributed by atoms with Crippen molar-refractivity contribution in [2.75, 3.05) is 13.2 Å². The molecule has 0 aliphatic heterocycles. The van der Waals surface area contributed by atoms with Crippen molar-refractivity contribution in [2.24, 2.45) is 5.73 Å². The summed E-state index contributed by atoms with van der Waals surface area (Å²) in [6.07, 6.45) is 4.42. The summed E-state index contributed by atoms with van der Waals surface area (Å²) < 4.78 is 11.3. The second-order valence-electron chi connectivity index (χ2n) is 4.39. The van der Waals surface area contributed by atoms with E-state index in [1.54, 1.807) is 6.20 Å². The van der Waals surface area contributed by atoms with Crippen molar-refractivity contribution >= 4 is 0 Å². The largest absolute Gasteiger partial charge is 0.494 e. The first-order valence-electron chi connectivity index (χ1n) is 6.71. The Bertz CT molecular complexity index is 508. The van der Waals surface area contributed by atoms with Crippen molar-refractivity contribution < 1.29 is 9.15 Å². The van der Waals surface area contributed by atoms with Crippen LogP contribution in [0.1, 0.15) is 25.7 Å². The predicted octanol–water partition coefficient (Wildman–Crippen LogP) is 3.02. The molecule has 0 saturated heterocycles. The summed E-state index contributed by atoms with van der Waals surface area (Å²) in [6, 6.07) is 7.88. The molecule has 1 aromatic heterocycles. The van der Waals surface area contributed by atoms with Crippen LogP contribution >= 0.6 is 0 Å². The number of aromatic nitrogens is 1. The molecule has 0 radical (unpaired) electrons. The molecule has 2 aromatic rings. The Morgan fingerprint density at radius 1 is 1.37 bits per heavy atom. The number of hydrogen-bond acceptors (Lipinski definition) is 4. The Kier molecular flexibility index (Phi) is 4.98. The molecular formula is C15H20N2O2. The van der Waals surface area contributed by atoms with Gasteiger partial charge in [-0.2, -0.15) is 0 Å². The highest BCUT2D eigenvalue weighted by atomic mass is 16.5. The number of nitrogens with zero attached hydrogens (tertiary/aromatic N) is 1. The lowest BCUT2D eigenvalue weighted by molar-refractivity contribution is 0.317. The maximum atomic E-state index is 5.71. The summed E-state index contributed by atoms with van der Waals surface area (Å²) in [4.78, 5) is 4.26. The minimum absolute atomic E-state index is 0.651. The van der Waals surface area contributed by atoms with E-state index in [2.05, 4.69) is 11.9 Å². The summed E-state index contributed by atoms with van der Waals surface area (Å²) in [5, 5.41) is 0. The molecule has 1 heterocycles. The minimum atomic E-state index is 0.651. The number of aryl methyl sites for hydroxylation is 1. The fraction of sp³-hybridized carbons (Fsp3) is 0.400. The molecule has 0 unspecified atom stereocenters. The second-order valence-corrected chi connectivity index (χ2v) is 4.39. The van der Waals surface area contributed by atoms with E-state index >= 15 is 0 Å². The Hall–Kier alpha value is -1.81. The number of hydrogen-bond donors (Lipinski definition) is 1. The van der Waals surface area contributed by atoms with Gasteiger partial charge in [-0.15, -0.1) is 0 Å². The molecule has 0 saturated carbocycles. The number of oxazole rings is 1. The highest BCUT2D eigenvalue weighted by Gasteiger charge is 2.07. The van der Waals surface area contributed by atoms with Gasteiger partial charge in [-0.1, -0.05) is 19.1 Å². The molecule has 0 spiro atoms. The molecule has 19 heavy (non-hydrogen) atoms. The van der Waals surface area contributed by atoms with E-state index in [-0.39, 0.29) is 0 Å². The summed E-state index contributed by atoms with van der Waals surface area (Å²) in [5.74, 6) is 2.37. The van der Waals surface area contributed by atoms with Crippen molar-refractivity contribution in [3.05, 3.63) is 36.4 Å². The zero-order valence-corrected chi connectivity index (χ0v) is 11.3. The molecule has 4 heteroatoms. The van der Waals surface area contributed by atoms with Crippen LogP contribution in [0.3, 0.4) is 0 Å². The van der Waals surface area contributed by atoms with E-state index in [0.717, 1.165) is 48.8 Å². The zero-order valence-electron chi connectivity index (χ0n) is 11.3. The van der Waals surface area contributed by atoms with Crippen LogP contribution in [0.2, 0.25) is 0 Å². The van der Waals surface area contributed by atoms with Gasteiger partial charge in [0.2, 0.25) is 0 Å². The molecule has 0 amide bonds. The van der Waals surface area contributed by atoms with Gasteiger partial charge in [0, 0.05) is 12.0 Å².